The van der Waals surface area contributed by atoms with E-state index in [2.05, 4.69) is 15.5 Å². The summed E-state index contributed by atoms with van der Waals surface area (Å²) in [5.41, 5.74) is 2.34. The van der Waals surface area contributed by atoms with E-state index in [1.54, 1.807) is 42.5 Å². The third-order valence-corrected chi connectivity index (χ3v) is 4.38. The molecule has 0 saturated carbocycles. The van der Waals surface area contributed by atoms with Crippen LogP contribution in [0.1, 0.15) is 32.7 Å². The summed E-state index contributed by atoms with van der Waals surface area (Å²) in [4.78, 5) is 26.8. The molecule has 138 valence electrons. The number of amides is 2. The lowest BCUT2D eigenvalue weighted by Crippen LogP contribution is -2.27. The standard InChI is InChI=1S/C20H24ClN3O2/c1-14-17(21)9-5-10-18(14)23-20(26)16-8-4-7-15(13-16)19(25)22-11-6-12-24(2)3/h4-5,7-10,13H,6,11-12H2,1-3H3,(H,22,25)(H,23,26). The highest BCUT2D eigenvalue weighted by atomic mass is 35.5. The van der Waals surface area contributed by atoms with Gasteiger partial charge in [0.25, 0.3) is 11.8 Å². The van der Waals surface area contributed by atoms with Crippen LogP contribution in [0.25, 0.3) is 0 Å². The van der Waals surface area contributed by atoms with E-state index >= 15 is 0 Å². The maximum absolute atomic E-state index is 12.5. The van der Waals surface area contributed by atoms with Crippen molar-refractivity contribution >= 4 is 29.1 Å². The van der Waals surface area contributed by atoms with Crippen molar-refractivity contribution in [3.8, 4) is 0 Å². The first-order valence-electron chi connectivity index (χ1n) is 8.48. The van der Waals surface area contributed by atoms with Crippen molar-refractivity contribution in [1.82, 2.24) is 10.2 Å². The zero-order valence-corrected chi connectivity index (χ0v) is 16.1. The van der Waals surface area contributed by atoms with Gasteiger partial charge in [-0.1, -0.05) is 23.7 Å². The Bertz CT molecular complexity index is 790. The van der Waals surface area contributed by atoms with Gasteiger partial charge in [0.05, 0.1) is 0 Å². The largest absolute Gasteiger partial charge is 0.352 e. The lowest BCUT2D eigenvalue weighted by molar-refractivity contribution is 0.0952. The van der Waals surface area contributed by atoms with E-state index in [1.807, 2.05) is 21.0 Å². The zero-order valence-electron chi connectivity index (χ0n) is 15.3. The maximum Gasteiger partial charge on any atom is 0.255 e. The molecule has 0 radical (unpaired) electrons. The van der Waals surface area contributed by atoms with Gasteiger partial charge in [0.1, 0.15) is 0 Å². The van der Waals surface area contributed by atoms with Crippen molar-refractivity contribution in [2.45, 2.75) is 13.3 Å². The minimum absolute atomic E-state index is 0.183. The molecule has 26 heavy (non-hydrogen) atoms. The number of benzene rings is 2. The molecule has 0 aromatic heterocycles. The average molecular weight is 374 g/mol. The van der Waals surface area contributed by atoms with E-state index in [-0.39, 0.29) is 11.8 Å². The molecular weight excluding hydrogens is 350 g/mol. The molecule has 2 rings (SSSR count). The minimum atomic E-state index is -0.280. The van der Waals surface area contributed by atoms with Crippen LogP contribution in [0.15, 0.2) is 42.5 Å². The Morgan fingerprint density at radius 2 is 1.69 bits per heavy atom. The van der Waals surface area contributed by atoms with Crippen molar-refractivity contribution in [1.29, 1.82) is 0 Å². The number of hydrogen-bond acceptors (Lipinski definition) is 3. The quantitative estimate of drug-likeness (QED) is 0.729. The third kappa shape index (κ3) is 5.58. The van der Waals surface area contributed by atoms with E-state index in [4.69, 9.17) is 11.6 Å². The van der Waals surface area contributed by atoms with Gasteiger partial charge in [-0.2, -0.15) is 0 Å². The Balaban J connectivity index is 2.02. The molecule has 0 fully saturated rings. The fraction of sp³-hybridized carbons (Fsp3) is 0.300. The molecule has 0 aliphatic heterocycles. The molecule has 2 N–H and O–H groups in total. The summed E-state index contributed by atoms with van der Waals surface area (Å²) in [5, 5.41) is 6.30. The highest BCUT2D eigenvalue weighted by Crippen LogP contribution is 2.23. The first-order valence-corrected chi connectivity index (χ1v) is 8.85. The summed E-state index contributed by atoms with van der Waals surface area (Å²) in [6.07, 6.45) is 0.868. The van der Waals surface area contributed by atoms with Crippen LogP contribution in [-0.4, -0.2) is 43.9 Å². The fourth-order valence-electron chi connectivity index (χ4n) is 2.44. The number of halogens is 1. The summed E-state index contributed by atoms with van der Waals surface area (Å²) in [6.45, 7) is 3.34. The number of nitrogens with one attached hydrogen (secondary N) is 2. The second-order valence-corrected chi connectivity index (χ2v) is 6.77. The van der Waals surface area contributed by atoms with E-state index < -0.39 is 0 Å². The van der Waals surface area contributed by atoms with Crippen molar-refractivity contribution in [3.05, 3.63) is 64.2 Å². The van der Waals surface area contributed by atoms with Crippen LogP contribution in [0.2, 0.25) is 5.02 Å². The number of rotatable bonds is 7. The molecule has 2 amide bonds. The number of carbonyl (C=O) groups excluding carboxylic acids is 2. The second-order valence-electron chi connectivity index (χ2n) is 6.36. The SMILES string of the molecule is Cc1c(Cl)cccc1NC(=O)c1cccc(C(=O)NCCCN(C)C)c1. The molecule has 0 heterocycles. The van der Waals surface area contributed by atoms with Gasteiger partial charge in [0.2, 0.25) is 0 Å². The van der Waals surface area contributed by atoms with Crippen molar-refractivity contribution in [3.63, 3.8) is 0 Å². The van der Waals surface area contributed by atoms with Crippen LogP contribution >= 0.6 is 11.6 Å². The summed E-state index contributed by atoms with van der Waals surface area (Å²) < 4.78 is 0. The topological polar surface area (TPSA) is 61.4 Å². The van der Waals surface area contributed by atoms with Gasteiger partial charge in [0, 0.05) is 28.4 Å². The Morgan fingerprint density at radius 1 is 1.04 bits per heavy atom. The predicted molar refractivity (Wildman–Crippen MR) is 106 cm³/mol. The molecule has 0 bridgehead atoms. The summed E-state index contributed by atoms with van der Waals surface area (Å²) >= 11 is 6.08. The normalized spacial score (nSPS) is 10.7. The first kappa shape index (κ1) is 19.9. The smallest absolute Gasteiger partial charge is 0.255 e. The summed E-state index contributed by atoms with van der Waals surface area (Å²) in [5.74, 6) is -0.463. The van der Waals surface area contributed by atoms with Gasteiger partial charge in [-0.05, 0) is 69.9 Å². The van der Waals surface area contributed by atoms with Crippen LogP contribution in [0.5, 0.6) is 0 Å². The molecule has 5 nitrogen and oxygen atoms in total. The lowest BCUT2D eigenvalue weighted by Gasteiger charge is -2.11. The van der Waals surface area contributed by atoms with Crippen LogP contribution < -0.4 is 10.6 Å². The molecule has 0 saturated heterocycles. The molecule has 0 aliphatic carbocycles. The highest BCUT2D eigenvalue weighted by Gasteiger charge is 2.12. The van der Waals surface area contributed by atoms with Crippen molar-refractivity contribution < 1.29 is 9.59 Å². The van der Waals surface area contributed by atoms with E-state index in [1.165, 1.54) is 0 Å². The van der Waals surface area contributed by atoms with Gasteiger partial charge < -0.3 is 15.5 Å². The summed E-state index contributed by atoms with van der Waals surface area (Å²) in [7, 11) is 3.98. The molecule has 0 unspecified atom stereocenters. The van der Waals surface area contributed by atoms with Gasteiger partial charge in [-0.25, -0.2) is 0 Å². The van der Waals surface area contributed by atoms with Gasteiger partial charge in [-0.15, -0.1) is 0 Å². The van der Waals surface area contributed by atoms with Crippen LogP contribution in [0.3, 0.4) is 0 Å². The lowest BCUT2D eigenvalue weighted by atomic mass is 10.1. The molecule has 2 aromatic carbocycles. The predicted octanol–water partition coefficient (Wildman–Crippen LogP) is 3.58. The van der Waals surface area contributed by atoms with Crippen LogP contribution in [0, 0.1) is 6.92 Å². The summed E-state index contributed by atoms with van der Waals surface area (Å²) in [6, 6.07) is 12.0. The van der Waals surface area contributed by atoms with Crippen molar-refractivity contribution in [2.75, 3.05) is 32.5 Å². The van der Waals surface area contributed by atoms with E-state index in [0.29, 0.717) is 28.4 Å². The van der Waals surface area contributed by atoms with Gasteiger partial charge in [-0.3, -0.25) is 9.59 Å². The first-order chi connectivity index (χ1) is 12.4. The molecule has 2 aromatic rings. The molecule has 0 spiro atoms. The number of nitrogens with zero attached hydrogens (tertiary/aromatic N) is 1. The molecular formula is C20H24ClN3O2. The second kappa shape index (κ2) is 9.36. The zero-order chi connectivity index (χ0) is 19.1. The van der Waals surface area contributed by atoms with Crippen LogP contribution in [-0.2, 0) is 0 Å². The third-order valence-electron chi connectivity index (χ3n) is 3.97. The highest BCUT2D eigenvalue weighted by molar-refractivity contribution is 6.31. The Kier molecular flexibility index (Phi) is 7.18. The Morgan fingerprint density at radius 3 is 2.38 bits per heavy atom. The Hall–Kier alpha value is -2.37. The maximum atomic E-state index is 12.5. The molecule has 0 atom stereocenters. The number of hydrogen-bond donors (Lipinski definition) is 2. The monoisotopic (exact) mass is 373 g/mol. The van der Waals surface area contributed by atoms with Crippen LogP contribution in [0.4, 0.5) is 5.69 Å². The number of carbonyl (C=O) groups is 2. The molecule has 0 aliphatic rings. The van der Waals surface area contributed by atoms with E-state index in [9.17, 15) is 9.59 Å². The molecule has 6 heteroatoms. The minimum Gasteiger partial charge on any atom is -0.352 e. The van der Waals surface area contributed by atoms with Gasteiger partial charge >= 0.3 is 0 Å². The number of anilines is 1. The average Bonchev–Trinajstić information content (AvgIpc) is 2.62. The van der Waals surface area contributed by atoms with E-state index in [0.717, 1.165) is 18.5 Å². The van der Waals surface area contributed by atoms with Crippen molar-refractivity contribution in [2.24, 2.45) is 0 Å². The Labute approximate surface area is 159 Å². The van der Waals surface area contributed by atoms with Gasteiger partial charge in [0.15, 0.2) is 0 Å². The fourth-order valence-corrected chi connectivity index (χ4v) is 2.61.